The smallest absolute Gasteiger partial charge is 0.356 e. The zero-order chi connectivity index (χ0) is 20.0. The van der Waals surface area contributed by atoms with Crippen LogP contribution in [0.5, 0.6) is 0 Å². The number of carbonyl (C=O) groups is 2. The Morgan fingerprint density at radius 2 is 1.74 bits per heavy atom. The van der Waals surface area contributed by atoms with Crippen LogP contribution in [-0.2, 0) is 11.8 Å². The Bertz CT molecular complexity index is 780. The van der Waals surface area contributed by atoms with Crippen molar-refractivity contribution in [3.63, 3.8) is 0 Å². The molecule has 1 aromatic heterocycles. The first-order valence-corrected chi connectivity index (χ1v) is 9.53. The van der Waals surface area contributed by atoms with E-state index in [1.165, 1.54) is 16.3 Å². The molecule has 0 bridgehead atoms. The lowest BCUT2D eigenvalue weighted by atomic mass is 9.95. The molecule has 27 heavy (non-hydrogen) atoms. The maximum Gasteiger partial charge on any atom is 0.356 e. The van der Waals surface area contributed by atoms with Gasteiger partial charge in [0.1, 0.15) is 5.69 Å². The summed E-state index contributed by atoms with van der Waals surface area (Å²) in [5, 5.41) is 7.15. The number of amides is 1. The summed E-state index contributed by atoms with van der Waals surface area (Å²) in [6.07, 6.45) is 1.85. The van der Waals surface area contributed by atoms with Crippen molar-refractivity contribution in [2.24, 2.45) is 7.05 Å². The predicted molar refractivity (Wildman–Crippen MR) is 105 cm³/mol. The van der Waals surface area contributed by atoms with Crippen molar-refractivity contribution in [3.05, 3.63) is 52.8 Å². The number of hydrogen-bond acceptors (Lipinski definition) is 4. The number of nitrogens with zero attached hydrogens (tertiary/aromatic N) is 2. The molecule has 0 aliphatic heterocycles. The summed E-state index contributed by atoms with van der Waals surface area (Å²) in [5.41, 5.74) is 2.81. The van der Waals surface area contributed by atoms with Crippen molar-refractivity contribution in [3.8, 4) is 0 Å². The summed E-state index contributed by atoms with van der Waals surface area (Å²) in [7, 11) is 1.62. The van der Waals surface area contributed by atoms with Gasteiger partial charge in [0.15, 0.2) is 5.69 Å². The van der Waals surface area contributed by atoms with Gasteiger partial charge >= 0.3 is 5.97 Å². The van der Waals surface area contributed by atoms with E-state index in [0.717, 1.165) is 18.4 Å². The van der Waals surface area contributed by atoms with Crippen LogP contribution in [0.4, 0.5) is 0 Å². The van der Waals surface area contributed by atoms with Crippen LogP contribution >= 0.6 is 0 Å². The Balaban J connectivity index is 2.13. The number of carbonyl (C=O) groups excluding carboxylic acids is 2. The number of rotatable bonds is 8. The SMILES string of the molecule is CCOC(=O)c1cc(C(=O)NC(CC)c2ccc(C(C)CC)cc2)nn1C. The molecule has 2 atom stereocenters. The van der Waals surface area contributed by atoms with Gasteiger partial charge in [-0.3, -0.25) is 9.48 Å². The van der Waals surface area contributed by atoms with Gasteiger partial charge in [-0.15, -0.1) is 0 Å². The molecule has 0 saturated carbocycles. The maximum atomic E-state index is 12.6. The Hall–Kier alpha value is -2.63. The summed E-state index contributed by atoms with van der Waals surface area (Å²) in [6.45, 7) is 8.41. The highest BCUT2D eigenvalue weighted by Crippen LogP contribution is 2.23. The molecule has 1 N–H and O–H groups in total. The number of aryl methyl sites for hydroxylation is 1. The number of esters is 1. The molecular weight excluding hydrogens is 342 g/mol. The summed E-state index contributed by atoms with van der Waals surface area (Å²) in [4.78, 5) is 24.5. The summed E-state index contributed by atoms with van der Waals surface area (Å²) in [6, 6.07) is 9.73. The first kappa shape index (κ1) is 20.7. The normalized spacial score (nSPS) is 13.1. The van der Waals surface area contributed by atoms with E-state index in [9.17, 15) is 9.59 Å². The standard InChI is InChI=1S/C21H29N3O3/c1-6-14(4)15-9-11-16(12-10-15)17(7-2)22-20(25)18-13-19(24(5)23-18)21(26)27-8-3/h9-14,17H,6-8H2,1-5H3,(H,22,25). The molecule has 0 spiro atoms. The lowest BCUT2D eigenvalue weighted by Gasteiger charge is -2.18. The van der Waals surface area contributed by atoms with Crippen molar-refractivity contribution in [2.45, 2.75) is 52.5 Å². The number of aromatic nitrogens is 2. The second-order valence-corrected chi connectivity index (χ2v) is 6.67. The van der Waals surface area contributed by atoms with Crippen LogP contribution in [-0.4, -0.2) is 28.3 Å². The molecule has 2 unspecified atom stereocenters. The molecule has 2 aromatic rings. The molecule has 146 valence electrons. The molecule has 0 radical (unpaired) electrons. The summed E-state index contributed by atoms with van der Waals surface area (Å²) >= 11 is 0. The van der Waals surface area contributed by atoms with Gasteiger partial charge in [0.25, 0.3) is 5.91 Å². The first-order chi connectivity index (χ1) is 12.9. The second kappa shape index (κ2) is 9.35. The molecule has 0 fully saturated rings. The highest BCUT2D eigenvalue weighted by molar-refractivity contribution is 5.96. The molecule has 1 aromatic carbocycles. The highest BCUT2D eigenvalue weighted by atomic mass is 16.5. The Morgan fingerprint density at radius 3 is 2.30 bits per heavy atom. The van der Waals surface area contributed by atoms with Gasteiger partial charge in [-0.2, -0.15) is 5.10 Å². The third-order valence-electron chi connectivity index (χ3n) is 4.83. The van der Waals surface area contributed by atoms with Crippen LogP contribution in [0.3, 0.4) is 0 Å². The number of benzene rings is 1. The van der Waals surface area contributed by atoms with E-state index < -0.39 is 5.97 Å². The van der Waals surface area contributed by atoms with E-state index in [-0.39, 0.29) is 29.9 Å². The van der Waals surface area contributed by atoms with E-state index in [2.05, 4.69) is 48.5 Å². The van der Waals surface area contributed by atoms with Gasteiger partial charge in [0.2, 0.25) is 0 Å². The second-order valence-electron chi connectivity index (χ2n) is 6.67. The van der Waals surface area contributed by atoms with Crippen LogP contribution < -0.4 is 5.32 Å². The third-order valence-corrected chi connectivity index (χ3v) is 4.83. The van der Waals surface area contributed by atoms with Gasteiger partial charge < -0.3 is 10.1 Å². The van der Waals surface area contributed by atoms with Crippen LogP contribution in [0.15, 0.2) is 30.3 Å². The van der Waals surface area contributed by atoms with E-state index >= 15 is 0 Å². The van der Waals surface area contributed by atoms with Gasteiger partial charge in [0, 0.05) is 13.1 Å². The van der Waals surface area contributed by atoms with Crippen molar-refractivity contribution in [1.29, 1.82) is 0 Å². The number of hydrogen-bond donors (Lipinski definition) is 1. The minimum atomic E-state index is -0.487. The first-order valence-electron chi connectivity index (χ1n) is 9.53. The molecule has 6 nitrogen and oxygen atoms in total. The van der Waals surface area contributed by atoms with Crippen molar-refractivity contribution < 1.29 is 14.3 Å². The largest absolute Gasteiger partial charge is 0.461 e. The molecule has 0 aliphatic rings. The fraction of sp³-hybridized carbons (Fsp3) is 0.476. The molecule has 1 amide bonds. The maximum absolute atomic E-state index is 12.6. The van der Waals surface area contributed by atoms with Gasteiger partial charge in [0.05, 0.1) is 12.6 Å². The van der Waals surface area contributed by atoms with Gasteiger partial charge in [-0.1, -0.05) is 45.0 Å². The van der Waals surface area contributed by atoms with Crippen LogP contribution in [0, 0.1) is 0 Å². The topological polar surface area (TPSA) is 73.2 Å². The molecule has 6 heteroatoms. The fourth-order valence-corrected chi connectivity index (χ4v) is 2.92. The predicted octanol–water partition coefficient (Wildman–Crippen LogP) is 3.99. The lowest BCUT2D eigenvalue weighted by Crippen LogP contribution is -2.28. The molecule has 1 heterocycles. The minimum Gasteiger partial charge on any atom is -0.461 e. The Morgan fingerprint density at radius 1 is 1.11 bits per heavy atom. The van der Waals surface area contributed by atoms with Crippen molar-refractivity contribution in [1.82, 2.24) is 15.1 Å². The average molecular weight is 371 g/mol. The Labute approximate surface area is 160 Å². The van der Waals surface area contributed by atoms with Crippen LogP contribution in [0.1, 0.15) is 84.6 Å². The zero-order valence-corrected chi connectivity index (χ0v) is 16.8. The van der Waals surface area contributed by atoms with Gasteiger partial charge in [-0.05, 0) is 36.8 Å². The minimum absolute atomic E-state index is 0.114. The van der Waals surface area contributed by atoms with Crippen LogP contribution in [0.2, 0.25) is 0 Å². The van der Waals surface area contributed by atoms with Gasteiger partial charge in [-0.25, -0.2) is 4.79 Å². The molecule has 0 aliphatic carbocycles. The number of ether oxygens (including phenoxy) is 1. The molecular formula is C21H29N3O3. The lowest BCUT2D eigenvalue weighted by molar-refractivity contribution is 0.0513. The number of nitrogens with one attached hydrogen (secondary N) is 1. The summed E-state index contributed by atoms with van der Waals surface area (Å²) < 4.78 is 6.35. The Kier molecular flexibility index (Phi) is 7.16. The van der Waals surface area contributed by atoms with E-state index in [1.54, 1.807) is 14.0 Å². The summed E-state index contributed by atoms with van der Waals surface area (Å²) in [5.74, 6) is -0.276. The third kappa shape index (κ3) is 4.96. The molecule has 0 saturated heterocycles. The van der Waals surface area contributed by atoms with Crippen molar-refractivity contribution in [2.75, 3.05) is 6.61 Å². The van der Waals surface area contributed by atoms with Crippen molar-refractivity contribution >= 4 is 11.9 Å². The highest BCUT2D eigenvalue weighted by Gasteiger charge is 2.21. The molecule has 2 rings (SSSR count). The van der Waals surface area contributed by atoms with Crippen LogP contribution in [0.25, 0.3) is 0 Å². The zero-order valence-electron chi connectivity index (χ0n) is 16.8. The quantitative estimate of drug-likeness (QED) is 0.712. The fourth-order valence-electron chi connectivity index (χ4n) is 2.92. The average Bonchev–Trinajstić information content (AvgIpc) is 3.07. The van der Waals surface area contributed by atoms with E-state index in [4.69, 9.17) is 4.74 Å². The monoisotopic (exact) mass is 371 g/mol. The van der Waals surface area contributed by atoms with E-state index in [0.29, 0.717) is 5.92 Å². The van der Waals surface area contributed by atoms with E-state index in [1.807, 2.05) is 6.92 Å².